The minimum absolute atomic E-state index is 0. The third-order valence-electron chi connectivity index (χ3n) is 4.85. The van der Waals surface area contributed by atoms with Crippen molar-refractivity contribution in [3.05, 3.63) is 59.7 Å². The first kappa shape index (κ1) is 18.6. The number of nitrogens with zero attached hydrogens (tertiary/aromatic N) is 1. The van der Waals surface area contributed by atoms with Gasteiger partial charge in [0.05, 0.1) is 23.9 Å². The first-order valence-corrected chi connectivity index (χ1v) is 8.79. The third kappa shape index (κ3) is 3.68. The maximum atomic E-state index is 9.66. The Kier molecular flexibility index (Phi) is 5.77. The van der Waals surface area contributed by atoms with Gasteiger partial charge < -0.3 is 15.5 Å². The summed E-state index contributed by atoms with van der Waals surface area (Å²) in [5.74, 6) is 0. The number of anilines is 1. The molecule has 0 spiro atoms. The van der Waals surface area contributed by atoms with Crippen LogP contribution in [0.25, 0.3) is 22.2 Å². The average Bonchev–Trinajstić information content (AvgIpc) is 3.13. The summed E-state index contributed by atoms with van der Waals surface area (Å²) in [6, 6.07) is 16.6. The molecule has 1 heterocycles. The quantitative estimate of drug-likeness (QED) is 0.642. The van der Waals surface area contributed by atoms with Crippen LogP contribution in [-0.2, 0) is 12.8 Å². The highest BCUT2D eigenvalue weighted by Gasteiger charge is 2.13. The number of aliphatic hydroxyl groups excluding tert-OH is 2. The number of nitrogens with one attached hydrogen (secondary N) is 1. The fraction of sp³-hybridized carbons (Fsp3) is 0.286. The van der Waals surface area contributed by atoms with E-state index in [9.17, 15) is 5.11 Å². The van der Waals surface area contributed by atoms with E-state index in [-0.39, 0.29) is 19.0 Å². The summed E-state index contributed by atoms with van der Waals surface area (Å²) < 4.78 is 0. The van der Waals surface area contributed by atoms with E-state index in [1.54, 1.807) is 0 Å². The van der Waals surface area contributed by atoms with Crippen LogP contribution in [0.5, 0.6) is 0 Å². The predicted octanol–water partition coefficient (Wildman–Crippen LogP) is 3.58. The zero-order valence-corrected chi connectivity index (χ0v) is 15.3. The molecule has 1 unspecified atom stereocenters. The van der Waals surface area contributed by atoms with E-state index >= 15 is 0 Å². The number of aromatic nitrogens is 1. The summed E-state index contributed by atoms with van der Waals surface area (Å²) in [6.45, 7) is 0.0435. The van der Waals surface area contributed by atoms with Gasteiger partial charge in [0.1, 0.15) is 0 Å². The Morgan fingerprint density at radius 2 is 1.85 bits per heavy atom. The number of para-hydroxylation sites is 1. The van der Waals surface area contributed by atoms with E-state index in [0.717, 1.165) is 34.3 Å². The molecular weight excluding hydrogens is 348 g/mol. The molecule has 0 bridgehead atoms. The first-order valence-electron chi connectivity index (χ1n) is 8.79. The van der Waals surface area contributed by atoms with Gasteiger partial charge in [0.2, 0.25) is 0 Å². The van der Waals surface area contributed by atoms with Crippen molar-refractivity contribution in [3.8, 4) is 11.3 Å². The molecule has 1 atom stereocenters. The number of benzene rings is 2. The Balaban J connectivity index is 0.00000196. The second-order valence-corrected chi connectivity index (χ2v) is 6.63. The van der Waals surface area contributed by atoms with Crippen molar-refractivity contribution < 1.29 is 10.2 Å². The zero-order chi connectivity index (χ0) is 17.2. The van der Waals surface area contributed by atoms with Crippen molar-refractivity contribution in [2.24, 2.45) is 0 Å². The number of halogens is 1. The Hall–Kier alpha value is -2.14. The lowest BCUT2D eigenvalue weighted by molar-refractivity contribution is 0.105. The molecule has 0 saturated heterocycles. The average molecular weight is 371 g/mol. The number of fused-ring (bicyclic) bond motifs is 2. The Bertz CT molecular complexity index is 914. The third-order valence-corrected chi connectivity index (χ3v) is 4.85. The van der Waals surface area contributed by atoms with Gasteiger partial charge in [0, 0.05) is 23.2 Å². The van der Waals surface area contributed by atoms with Crippen LogP contribution >= 0.6 is 12.4 Å². The van der Waals surface area contributed by atoms with E-state index < -0.39 is 6.10 Å². The summed E-state index contributed by atoms with van der Waals surface area (Å²) in [5, 5.41) is 23.0. The van der Waals surface area contributed by atoms with Crippen LogP contribution < -0.4 is 5.32 Å². The Morgan fingerprint density at radius 3 is 2.69 bits per heavy atom. The predicted molar refractivity (Wildman–Crippen MR) is 108 cm³/mol. The smallest absolute Gasteiger partial charge is 0.0942 e. The normalized spacial score (nSPS) is 13.9. The summed E-state index contributed by atoms with van der Waals surface area (Å²) in [7, 11) is 0. The Morgan fingerprint density at radius 1 is 1.04 bits per heavy atom. The van der Waals surface area contributed by atoms with Crippen molar-refractivity contribution in [2.75, 3.05) is 18.5 Å². The zero-order valence-electron chi connectivity index (χ0n) is 14.5. The lowest BCUT2D eigenvalue weighted by atomic mass is 10.0. The van der Waals surface area contributed by atoms with Gasteiger partial charge in [-0.3, -0.25) is 0 Å². The minimum Gasteiger partial charge on any atom is -0.394 e. The van der Waals surface area contributed by atoms with E-state index in [4.69, 9.17) is 10.1 Å². The lowest BCUT2D eigenvalue weighted by Crippen LogP contribution is -2.23. The van der Waals surface area contributed by atoms with Crippen molar-refractivity contribution in [1.29, 1.82) is 0 Å². The van der Waals surface area contributed by atoms with Crippen molar-refractivity contribution >= 4 is 29.0 Å². The monoisotopic (exact) mass is 370 g/mol. The SMILES string of the molecule is Cl.OCC(O)CNc1cc(-c2ccc3c(c2)CCC3)nc2ccccc12. The summed E-state index contributed by atoms with van der Waals surface area (Å²) in [6.07, 6.45) is 2.77. The number of hydrogen-bond donors (Lipinski definition) is 3. The molecule has 136 valence electrons. The summed E-state index contributed by atoms with van der Waals surface area (Å²) in [4.78, 5) is 4.83. The van der Waals surface area contributed by atoms with Crippen LogP contribution in [0.15, 0.2) is 48.5 Å². The molecule has 0 radical (unpaired) electrons. The molecule has 0 fully saturated rings. The van der Waals surface area contributed by atoms with Crippen LogP contribution in [0, 0.1) is 0 Å². The highest BCUT2D eigenvalue weighted by Crippen LogP contribution is 2.31. The van der Waals surface area contributed by atoms with Gasteiger partial charge in [0.15, 0.2) is 0 Å². The molecule has 1 aromatic heterocycles. The molecule has 1 aliphatic rings. The topological polar surface area (TPSA) is 65.4 Å². The number of aryl methyl sites for hydroxylation is 2. The maximum absolute atomic E-state index is 9.66. The highest BCUT2D eigenvalue weighted by atomic mass is 35.5. The molecular formula is C21H23ClN2O2. The lowest BCUT2D eigenvalue weighted by Gasteiger charge is -2.14. The van der Waals surface area contributed by atoms with Crippen LogP contribution in [0.2, 0.25) is 0 Å². The molecule has 26 heavy (non-hydrogen) atoms. The van der Waals surface area contributed by atoms with Crippen LogP contribution in [0.3, 0.4) is 0 Å². The van der Waals surface area contributed by atoms with Gasteiger partial charge >= 0.3 is 0 Å². The minimum atomic E-state index is -0.782. The molecule has 0 saturated carbocycles. The van der Waals surface area contributed by atoms with Gasteiger partial charge in [-0.05, 0) is 48.6 Å². The summed E-state index contributed by atoms with van der Waals surface area (Å²) in [5.41, 5.74) is 6.77. The van der Waals surface area contributed by atoms with E-state index in [2.05, 4.69) is 23.5 Å². The van der Waals surface area contributed by atoms with Gasteiger partial charge in [-0.15, -0.1) is 12.4 Å². The molecule has 4 rings (SSSR count). The van der Waals surface area contributed by atoms with Crippen LogP contribution in [0.1, 0.15) is 17.5 Å². The van der Waals surface area contributed by atoms with Crippen LogP contribution in [0.4, 0.5) is 5.69 Å². The first-order chi connectivity index (χ1) is 12.2. The fourth-order valence-corrected chi connectivity index (χ4v) is 3.49. The molecule has 0 amide bonds. The number of hydrogen-bond acceptors (Lipinski definition) is 4. The van der Waals surface area contributed by atoms with Gasteiger partial charge in [0.25, 0.3) is 0 Å². The van der Waals surface area contributed by atoms with Crippen molar-refractivity contribution in [3.63, 3.8) is 0 Å². The van der Waals surface area contributed by atoms with Gasteiger partial charge in [-0.2, -0.15) is 0 Å². The molecule has 1 aliphatic carbocycles. The molecule has 2 aromatic carbocycles. The summed E-state index contributed by atoms with van der Waals surface area (Å²) >= 11 is 0. The molecule has 5 heteroatoms. The second kappa shape index (κ2) is 8.04. The largest absolute Gasteiger partial charge is 0.394 e. The maximum Gasteiger partial charge on any atom is 0.0942 e. The van der Waals surface area contributed by atoms with Crippen LogP contribution in [-0.4, -0.2) is 34.5 Å². The molecule has 3 aromatic rings. The van der Waals surface area contributed by atoms with E-state index in [1.807, 2.05) is 30.3 Å². The van der Waals surface area contributed by atoms with Gasteiger partial charge in [-0.1, -0.05) is 30.3 Å². The highest BCUT2D eigenvalue weighted by molar-refractivity contribution is 5.93. The van der Waals surface area contributed by atoms with Crippen molar-refractivity contribution in [2.45, 2.75) is 25.4 Å². The number of aliphatic hydroxyl groups is 2. The Labute approximate surface area is 159 Å². The second-order valence-electron chi connectivity index (χ2n) is 6.63. The van der Waals surface area contributed by atoms with E-state index in [1.165, 1.54) is 24.0 Å². The molecule has 4 nitrogen and oxygen atoms in total. The number of pyridine rings is 1. The van der Waals surface area contributed by atoms with Gasteiger partial charge in [-0.25, -0.2) is 4.98 Å². The standard InChI is InChI=1S/C21H22N2O2.ClH/c24-13-17(25)12-22-21-11-20(23-19-7-2-1-6-18(19)21)16-9-8-14-4-3-5-15(14)10-16;/h1-2,6-11,17,24-25H,3-5,12-13H2,(H,22,23);1H. The number of rotatable bonds is 5. The molecule has 0 aliphatic heterocycles. The van der Waals surface area contributed by atoms with Crippen molar-refractivity contribution in [1.82, 2.24) is 4.98 Å². The fourth-order valence-electron chi connectivity index (χ4n) is 3.49. The molecule has 3 N–H and O–H groups in total. The van der Waals surface area contributed by atoms with E-state index in [0.29, 0.717) is 6.54 Å².